The van der Waals surface area contributed by atoms with Crippen molar-refractivity contribution in [2.24, 2.45) is 0 Å². The van der Waals surface area contributed by atoms with Crippen molar-refractivity contribution in [2.45, 2.75) is 33.3 Å². The first-order chi connectivity index (χ1) is 10.6. The molecule has 1 aromatic heterocycles. The van der Waals surface area contributed by atoms with E-state index in [1.807, 2.05) is 32.0 Å². The Labute approximate surface area is 134 Å². The van der Waals surface area contributed by atoms with Crippen LogP contribution in [0.4, 0.5) is 0 Å². The normalized spacial score (nSPS) is 10.5. The van der Waals surface area contributed by atoms with Crippen molar-refractivity contribution in [1.29, 1.82) is 0 Å². The number of halogens is 1. The summed E-state index contributed by atoms with van der Waals surface area (Å²) in [5, 5.41) is 7.17. The topological polar surface area (TPSA) is 64.4 Å². The van der Waals surface area contributed by atoms with Crippen LogP contribution in [0.15, 0.2) is 28.8 Å². The van der Waals surface area contributed by atoms with Gasteiger partial charge < -0.3 is 14.6 Å². The van der Waals surface area contributed by atoms with Gasteiger partial charge in [-0.3, -0.25) is 4.79 Å². The van der Waals surface area contributed by atoms with E-state index in [1.165, 1.54) is 0 Å². The van der Waals surface area contributed by atoms with Gasteiger partial charge in [-0.25, -0.2) is 0 Å². The highest BCUT2D eigenvalue weighted by atomic mass is 35.5. The molecule has 0 atom stereocenters. The van der Waals surface area contributed by atoms with Gasteiger partial charge in [0.1, 0.15) is 23.8 Å². The van der Waals surface area contributed by atoms with Gasteiger partial charge in [0, 0.05) is 19.0 Å². The van der Waals surface area contributed by atoms with Crippen molar-refractivity contribution in [3.63, 3.8) is 0 Å². The molecular weight excluding hydrogens is 304 g/mol. The van der Waals surface area contributed by atoms with E-state index in [2.05, 4.69) is 10.5 Å². The van der Waals surface area contributed by atoms with Crippen LogP contribution < -0.4 is 10.1 Å². The average molecular weight is 323 g/mol. The molecule has 1 N–H and O–H groups in total. The van der Waals surface area contributed by atoms with Gasteiger partial charge in [-0.05, 0) is 38.0 Å². The van der Waals surface area contributed by atoms with Crippen LogP contribution in [0, 0.1) is 6.92 Å². The van der Waals surface area contributed by atoms with Crippen LogP contribution >= 0.6 is 11.6 Å². The van der Waals surface area contributed by atoms with Crippen LogP contribution in [0.1, 0.15) is 30.4 Å². The summed E-state index contributed by atoms with van der Waals surface area (Å²) >= 11 is 6.13. The van der Waals surface area contributed by atoms with Gasteiger partial charge in [0.05, 0.1) is 5.02 Å². The van der Waals surface area contributed by atoms with Gasteiger partial charge in [0.15, 0.2) is 0 Å². The summed E-state index contributed by atoms with van der Waals surface area (Å²) in [5.41, 5.74) is 1.71. The molecule has 0 fully saturated rings. The number of nitrogens with zero attached hydrogens (tertiary/aromatic N) is 1. The zero-order valence-corrected chi connectivity index (χ0v) is 13.4. The van der Waals surface area contributed by atoms with Crippen LogP contribution in [0.3, 0.4) is 0 Å². The molecule has 1 heterocycles. The Balaban J connectivity index is 1.95. The predicted molar refractivity (Wildman–Crippen MR) is 84.0 cm³/mol. The largest absolute Gasteiger partial charge is 0.486 e. The molecule has 0 radical (unpaired) electrons. The lowest BCUT2D eigenvalue weighted by Crippen LogP contribution is -2.22. The first kappa shape index (κ1) is 16.4. The third-order valence-corrected chi connectivity index (χ3v) is 3.37. The van der Waals surface area contributed by atoms with Gasteiger partial charge in [-0.1, -0.05) is 22.8 Å². The molecule has 0 saturated heterocycles. The third kappa shape index (κ3) is 4.77. The molecule has 2 rings (SSSR count). The van der Waals surface area contributed by atoms with Gasteiger partial charge in [-0.2, -0.15) is 0 Å². The predicted octanol–water partition coefficient (Wildman–Crippen LogP) is 3.28. The monoisotopic (exact) mass is 322 g/mol. The van der Waals surface area contributed by atoms with E-state index < -0.39 is 0 Å². The molecule has 118 valence electrons. The maximum absolute atomic E-state index is 11.5. The molecule has 5 nitrogen and oxygen atoms in total. The Hall–Kier alpha value is -2.01. The Kier molecular flexibility index (Phi) is 5.83. The minimum Gasteiger partial charge on any atom is -0.486 e. The summed E-state index contributed by atoms with van der Waals surface area (Å²) in [7, 11) is 0. The average Bonchev–Trinajstić information content (AvgIpc) is 2.91. The SMILES string of the molecule is CCNC(=O)CCc1ccc(Cl)c(OCc2cc(C)on2)c1. The summed E-state index contributed by atoms with van der Waals surface area (Å²) in [6.07, 6.45) is 1.08. The molecule has 0 bridgehead atoms. The number of carbonyl (C=O) groups is 1. The maximum Gasteiger partial charge on any atom is 0.220 e. The fraction of sp³-hybridized carbons (Fsp3) is 0.375. The fourth-order valence-corrected chi connectivity index (χ4v) is 2.17. The van der Waals surface area contributed by atoms with Crippen LogP contribution in [-0.4, -0.2) is 17.6 Å². The summed E-state index contributed by atoms with van der Waals surface area (Å²) in [6, 6.07) is 7.34. The number of benzene rings is 1. The van der Waals surface area contributed by atoms with E-state index in [0.29, 0.717) is 35.9 Å². The summed E-state index contributed by atoms with van der Waals surface area (Å²) in [6.45, 7) is 4.66. The highest BCUT2D eigenvalue weighted by Gasteiger charge is 2.08. The fourth-order valence-electron chi connectivity index (χ4n) is 1.99. The molecule has 0 aliphatic heterocycles. The van der Waals surface area contributed by atoms with Crippen molar-refractivity contribution in [3.05, 3.63) is 46.3 Å². The van der Waals surface area contributed by atoms with Crippen molar-refractivity contribution in [1.82, 2.24) is 10.5 Å². The Morgan fingerprint density at radius 2 is 2.23 bits per heavy atom. The van der Waals surface area contributed by atoms with Crippen molar-refractivity contribution in [2.75, 3.05) is 6.54 Å². The third-order valence-electron chi connectivity index (χ3n) is 3.06. The summed E-state index contributed by atoms with van der Waals surface area (Å²) in [4.78, 5) is 11.5. The van der Waals surface area contributed by atoms with E-state index in [4.69, 9.17) is 20.9 Å². The number of carbonyl (C=O) groups excluding carboxylic acids is 1. The smallest absolute Gasteiger partial charge is 0.220 e. The minimum atomic E-state index is 0.0398. The van der Waals surface area contributed by atoms with E-state index in [-0.39, 0.29) is 12.5 Å². The van der Waals surface area contributed by atoms with Crippen molar-refractivity contribution >= 4 is 17.5 Å². The molecule has 0 aliphatic carbocycles. The molecule has 1 amide bonds. The van der Waals surface area contributed by atoms with Crippen LogP contribution in [-0.2, 0) is 17.8 Å². The number of rotatable bonds is 7. The lowest BCUT2D eigenvalue weighted by Gasteiger charge is -2.09. The zero-order valence-electron chi connectivity index (χ0n) is 12.7. The Morgan fingerprint density at radius 1 is 1.41 bits per heavy atom. The van der Waals surface area contributed by atoms with Crippen molar-refractivity contribution in [3.8, 4) is 5.75 Å². The highest BCUT2D eigenvalue weighted by Crippen LogP contribution is 2.27. The van der Waals surface area contributed by atoms with Crippen LogP contribution in [0.25, 0.3) is 0 Å². The zero-order chi connectivity index (χ0) is 15.9. The van der Waals surface area contributed by atoms with Crippen LogP contribution in [0.2, 0.25) is 5.02 Å². The molecular formula is C16H19ClN2O3. The second kappa shape index (κ2) is 7.84. The van der Waals surface area contributed by atoms with E-state index in [9.17, 15) is 4.79 Å². The Bertz CT molecular complexity index is 640. The van der Waals surface area contributed by atoms with Gasteiger partial charge >= 0.3 is 0 Å². The standard InChI is InChI=1S/C16H19ClN2O3/c1-3-18-16(20)7-5-12-4-6-14(17)15(9-12)21-10-13-8-11(2)22-19-13/h4,6,8-9H,3,5,7,10H2,1-2H3,(H,18,20). The molecule has 0 saturated carbocycles. The lowest BCUT2D eigenvalue weighted by atomic mass is 10.1. The molecule has 2 aromatic rings. The number of hydrogen-bond donors (Lipinski definition) is 1. The first-order valence-corrected chi connectivity index (χ1v) is 7.56. The maximum atomic E-state index is 11.5. The van der Waals surface area contributed by atoms with Crippen molar-refractivity contribution < 1.29 is 14.1 Å². The quantitative estimate of drug-likeness (QED) is 0.849. The molecule has 0 unspecified atom stereocenters. The minimum absolute atomic E-state index is 0.0398. The number of aromatic nitrogens is 1. The van der Waals surface area contributed by atoms with Gasteiger partial charge in [0.25, 0.3) is 0 Å². The Morgan fingerprint density at radius 3 is 2.91 bits per heavy atom. The molecule has 6 heteroatoms. The van der Waals surface area contributed by atoms with E-state index in [0.717, 1.165) is 11.3 Å². The van der Waals surface area contributed by atoms with Gasteiger partial charge in [0.2, 0.25) is 5.91 Å². The number of hydrogen-bond acceptors (Lipinski definition) is 4. The summed E-state index contributed by atoms with van der Waals surface area (Å²) in [5.74, 6) is 1.36. The second-order valence-corrected chi connectivity index (χ2v) is 5.34. The first-order valence-electron chi connectivity index (χ1n) is 7.18. The van der Waals surface area contributed by atoms with E-state index >= 15 is 0 Å². The molecule has 0 spiro atoms. The van der Waals surface area contributed by atoms with Crippen LogP contribution in [0.5, 0.6) is 5.75 Å². The summed E-state index contributed by atoms with van der Waals surface area (Å²) < 4.78 is 10.7. The number of aryl methyl sites for hydroxylation is 2. The number of amides is 1. The number of nitrogens with one attached hydrogen (secondary N) is 1. The lowest BCUT2D eigenvalue weighted by molar-refractivity contribution is -0.120. The second-order valence-electron chi connectivity index (χ2n) is 4.94. The number of ether oxygens (including phenoxy) is 1. The van der Waals surface area contributed by atoms with E-state index in [1.54, 1.807) is 6.07 Å². The molecule has 1 aromatic carbocycles. The highest BCUT2D eigenvalue weighted by molar-refractivity contribution is 6.32. The van der Waals surface area contributed by atoms with Gasteiger partial charge in [-0.15, -0.1) is 0 Å². The molecule has 22 heavy (non-hydrogen) atoms. The molecule has 0 aliphatic rings.